The smallest absolute Gasteiger partial charge is 0.266 e. The number of thioether (sulfide) groups is 1. The average Bonchev–Trinajstić information content (AvgIpc) is 2.71. The van der Waals surface area contributed by atoms with Gasteiger partial charge < -0.3 is 4.90 Å². The summed E-state index contributed by atoms with van der Waals surface area (Å²) in [5.74, 6) is 0.858. The molecule has 0 saturated carbocycles. The number of amides is 1. The Balaban J connectivity index is 1.74. The Morgan fingerprint density at radius 1 is 1.14 bits per heavy atom. The minimum atomic E-state index is -0.106. The second kappa shape index (κ2) is 8.41. The summed E-state index contributed by atoms with van der Waals surface area (Å²) in [6.45, 7) is 6.02. The fourth-order valence-electron chi connectivity index (χ4n) is 3.41. The van der Waals surface area contributed by atoms with Crippen LogP contribution in [0.3, 0.4) is 0 Å². The number of para-hydroxylation sites is 1. The number of hydrogen-bond acceptors (Lipinski definition) is 4. The lowest BCUT2D eigenvalue weighted by Crippen LogP contribution is -2.43. The molecule has 0 bridgehead atoms. The van der Waals surface area contributed by atoms with Crippen molar-refractivity contribution >= 4 is 28.6 Å². The van der Waals surface area contributed by atoms with Gasteiger partial charge in [0.2, 0.25) is 5.91 Å². The van der Waals surface area contributed by atoms with E-state index in [0.717, 1.165) is 31.6 Å². The molecule has 1 fully saturated rings. The first-order valence-corrected chi connectivity index (χ1v) is 11.1. The first-order chi connectivity index (χ1) is 14.1. The maximum atomic E-state index is 13.3. The first-order valence-electron chi connectivity index (χ1n) is 10.1. The highest BCUT2D eigenvalue weighted by Crippen LogP contribution is 2.24. The number of aromatic nitrogens is 2. The lowest BCUT2D eigenvalue weighted by Gasteiger charge is -2.30. The number of rotatable bonds is 6. The van der Waals surface area contributed by atoms with Crippen molar-refractivity contribution in [3.63, 3.8) is 0 Å². The Morgan fingerprint density at radius 3 is 2.52 bits per heavy atom. The van der Waals surface area contributed by atoms with Gasteiger partial charge in [0.25, 0.3) is 5.56 Å². The average molecular weight is 408 g/mol. The van der Waals surface area contributed by atoms with E-state index in [4.69, 9.17) is 4.98 Å². The fraction of sp³-hybridized carbons (Fsp3) is 0.348. The van der Waals surface area contributed by atoms with E-state index in [-0.39, 0.29) is 17.2 Å². The van der Waals surface area contributed by atoms with Crippen molar-refractivity contribution < 1.29 is 4.79 Å². The van der Waals surface area contributed by atoms with Crippen molar-refractivity contribution in [1.29, 1.82) is 0 Å². The Labute approximate surface area is 174 Å². The van der Waals surface area contributed by atoms with Gasteiger partial charge in [-0.05, 0) is 48.6 Å². The Bertz CT molecular complexity index is 1090. The molecule has 1 aliphatic rings. The highest BCUT2D eigenvalue weighted by molar-refractivity contribution is 7.99. The van der Waals surface area contributed by atoms with Gasteiger partial charge >= 0.3 is 0 Å². The number of fused-ring (bicyclic) bond motifs is 1. The van der Waals surface area contributed by atoms with Gasteiger partial charge in [-0.3, -0.25) is 14.2 Å². The molecule has 2 heterocycles. The van der Waals surface area contributed by atoms with Crippen LogP contribution in [-0.2, 0) is 4.79 Å². The molecule has 0 N–H and O–H groups in total. The highest BCUT2D eigenvalue weighted by Gasteiger charge is 2.21. The molecule has 150 valence electrons. The molecule has 1 aliphatic heterocycles. The molecule has 6 heteroatoms. The SMILES string of the molecule is CC[C@@H](C)c1ccc(-n2c(SCC(=O)N3CCC3)nc3ccccc3c2=O)cc1. The third kappa shape index (κ3) is 3.94. The Morgan fingerprint density at radius 2 is 1.86 bits per heavy atom. The summed E-state index contributed by atoms with van der Waals surface area (Å²) >= 11 is 1.33. The second-order valence-electron chi connectivity index (χ2n) is 7.48. The van der Waals surface area contributed by atoms with Crippen LogP contribution in [0, 0.1) is 0 Å². The predicted molar refractivity (Wildman–Crippen MR) is 118 cm³/mol. The summed E-state index contributed by atoms with van der Waals surface area (Å²) < 4.78 is 1.64. The molecular formula is C23H25N3O2S. The Kier molecular flexibility index (Phi) is 5.72. The summed E-state index contributed by atoms with van der Waals surface area (Å²) in [6, 6.07) is 15.5. The van der Waals surface area contributed by atoms with E-state index in [1.807, 2.05) is 35.2 Å². The van der Waals surface area contributed by atoms with Crippen LogP contribution in [0.25, 0.3) is 16.6 Å². The molecule has 5 nitrogen and oxygen atoms in total. The molecule has 1 aromatic heterocycles. The number of hydrogen-bond donors (Lipinski definition) is 0. The monoisotopic (exact) mass is 407 g/mol. The molecule has 4 rings (SSSR count). The molecule has 1 atom stereocenters. The molecule has 29 heavy (non-hydrogen) atoms. The molecule has 1 amide bonds. The topological polar surface area (TPSA) is 55.2 Å². The van der Waals surface area contributed by atoms with Gasteiger partial charge in [-0.1, -0.05) is 49.9 Å². The normalized spacial score (nSPS) is 14.6. The lowest BCUT2D eigenvalue weighted by atomic mass is 9.98. The minimum absolute atomic E-state index is 0.0994. The van der Waals surface area contributed by atoms with E-state index < -0.39 is 0 Å². The van der Waals surface area contributed by atoms with Crippen LogP contribution >= 0.6 is 11.8 Å². The van der Waals surface area contributed by atoms with Crippen LogP contribution < -0.4 is 5.56 Å². The van der Waals surface area contributed by atoms with Gasteiger partial charge in [-0.2, -0.15) is 0 Å². The number of carbonyl (C=O) groups excluding carboxylic acids is 1. The molecule has 2 aromatic carbocycles. The van der Waals surface area contributed by atoms with Crippen LogP contribution in [0.4, 0.5) is 0 Å². The molecule has 1 saturated heterocycles. The number of nitrogens with zero attached hydrogens (tertiary/aromatic N) is 3. The summed E-state index contributed by atoms with van der Waals surface area (Å²) in [4.78, 5) is 32.2. The van der Waals surface area contributed by atoms with Crippen molar-refractivity contribution in [1.82, 2.24) is 14.5 Å². The summed E-state index contributed by atoms with van der Waals surface area (Å²) in [7, 11) is 0. The molecule has 3 aromatic rings. The summed E-state index contributed by atoms with van der Waals surface area (Å²) in [6.07, 6.45) is 2.13. The number of carbonyl (C=O) groups is 1. The maximum absolute atomic E-state index is 13.3. The van der Waals surface area contributed by atoms with E-state index in [1.165, 1.54) is 17.3 Å². The van der Waals surface area contributed by atoms with Gasteiger partial charge in [-0.15, -0.1) is 0 Å². The lowest BCUT2D eigenvalue weighted by molar-refractivity contribution is -0.131. The first kappa shape index (κ1) is 19.7. The molecular weight excluding hydrogens is 382 g/mol. The minimum Gasteiger partial charge on any atom is -0.342 e. The van der Waals surface area contributed by atoms with Crippen LogP contribution in [0.1, 0.15) is 38.2 Å². The van der Waals surface area contributed by atoms with E-state index in [1.54, 1.807) is 10.6 Å². The maximum Gasteiger partial charge on any atom is 0.266 e. The van der Waals surface area contributed by atoms with Crippen molar-refractivity contribution in [2.24, 2.45) is 0 Å². The van der Waals surface area contributed by atoms with Crippen molar-refractivity contribution in [3.05, 3.63) is 64.4 Å². The highest BCUT2D eigenvalue weighted by atomic mass is 32.2. The third-order valence-corrected chi connectivity index (χ3v) is 6.53. The van der Waals surface area contributed by atoms with Crippen LogP contribution in [0.2, 0.25) is 0 Å². The van der Waals surface area contributed by atoms with E-state index in [2.05, 4.69) is 26.0 Å². The summed E-state index contributed by atoms with van der Waals surface area (Å²) in [5, 5.41) is 1.13. The van der Waals surface area contributed by atoms with Crippen LogP contribution in [-0.4, -0.2) is 39.2 Å². The van der Waals surface area contributed by atoms with Gasteiger partial charge in [0.15, 0.2) is 5.16 Å². The zero-order chi connectivity index (χ0) is 20.4. The van der Waals surface area contributed by atoms with Crippen molar-refractivity contribution in [2.45, 2.75) is 37.8 Å². The summed E-state index contributed by atoms with van der Waals surface area (Å²) in [5.41, 5.74) is 2.58. The Hall–Kier alpha value is -2.60. The number of benzene rings is 2. The molecule has 0 aliphatic carbocycles. The third-order valence-electron chi connectivity index (χ3n) is 5.61. The zero-order valence-corrected chi connectivity index (χ0v) is 17.6. The predicted octanol–water partition coefficient (Wildman–Crippen LogP) is 4.22. The van der Waals surface area contributed by atoms with Crippen LogP contribution in [0.15, 0.2) is 58.5 Å². The molecule has 0 unspecified atom stereocenters. The van der Waals surface area contributed by atoms with E-state index in [9.17, 15) is 9.59 Å². The fourth-order valence-corrected chi connectivity index (χ4v) is 4.32. The van der Waals surface area contributed by atoms with Crippen molar-refractivity contribution in [3.8, 4) is 5.69 Å². The number of likely N-dealkylation sites (tertiary alicyclic amines) is 1. The van der Waals surface area contributed by atoms with Crippen LogP contribution in [0.5, 0.6) is 0 Å². The zero-order valence-electron chi connectivity index (χ0n) is 16.8. The van der Waals surface area contributed by atoms with Gasteiger partial charge in [0, 0.05) is 13.1 Å². The van der Waals surface area contributed by atoms with Crippen molar-refractivity contribution in [2.75, 3.05) is 18.8 Å². The molecule has 0 spiro atoms. The van der Waals surface area contributed by atoms with Gasteiger partial charge in [0.05, 0.1) is 22.3 Å². The van der Waals surface area contributed by atoms with E-state index >= 15 is 0 Å². The largest absolute Gasteiger partial charge is 0.342 e. The quantitative estimate of drug-likeness (QED) is 0.453. The van der Waals surface area contributed by atoms with E-state index in [0.29, 0.717) is 22.0 Å². The van der Waals surface area contributed by atoms with Gasteiger partial charge in [-0.25, -0.2) is 4.98 Å². The second-order valence-corrected chi connectivity index (χ2v) is 8.42. The standard InChI is InChI=1S/C23H25N3O2S/c1-3-16(2)17-9-11-18(12-10-17)26-22(28)19-7-4-5-8-20(19)24-23(26)29-15-21(27)25-13-6-14-25/h4-5,7-12,16H,3,6,13-15H2,1-2H3/t16-/m1/s1. The molecule has 0 radical (unpaired) electrons. The van der Waals surface area contributed by atoms with Gasteiger partial charge in [0.1, 0.15) is 0 Å².